The lowest BCUT2D eigenvalue weighted by Crippen LogP contribution is -2.43. The molecule has 1 aromatic heterocycles. The van der Waals surface area contributed by atoms with E-state index in [2.05, 4.69) is 15.0 Å². The fourth-order valence-corrected chi connectivity index (χ4v) is 3.42. The minimum atomic E-state index is -4.89. The van der Waals surface area contributed by atoms with Gasteiger partial charge in [0.1, 0.15) is 5.54 Å². The standard InChI is InChI=1S/C22H26F3N5O3/c1-21(2)19(31)30(20(32)29(21)14-15-7-9-26-10-8-15)16-5-6-18(33-22(23,24)25)17(13-16)27-11-12-28(3)4/h5-10,13,27H,11-12,14H2,1-4H3. The number of hydrogen-bond acceptors (Lipinski definition) is 6. The Morgan fingerprint density at radius 2 is 1.79 bits per heavy atom. The number of nitrogens with zero attached hydrogens (tertiary/aromatic N) is 4. The predicted octanol–water partition coefficient (Wildman–Crippen LogP) is 3.70. The second-order valence-electron chi connectivity index (χ2n) is 8.38. The number of pyridine rings is 1. The Morgan fingerprint density at radius 3 is 2.39 bits per heavy atom. The lowest BCUT2D eigenvalue weighted by Gasteiger charge is -2.27. The van der Waals surface area contributed by atoms with Gasteiger partial charge >= 0.3 is 12.4 Å². The maximum absolute atomic E-state index is 13.2. The Balaban J connectivity index is 1.93. The highest BCUT2D eigenvalue weighted by Gasteiger charge is 2.51. The van der Waals surface area contributed by atoms with Crippen LogP contribution in [0.25, 0.3) is 0 Å². The Morgan fingerprint density at radius 1 is 1.12 bits per heavy atom. The average molecular weight is 465 g/mol. The number of likely N-dealkylation sites (N-methyl/N-ethyl adjacent to an activating group) is 1. The molecule has 0 aliphatic carbocycles. The van der Waals surface area contributed by atoms with Crippen LogP contribution < -0.4 is 15.0 Å². The molecule has 0 spiro atoms. The number of nitrogens with one attached hydrogen (secondary N) is 1. The Bertz CT molecular complexity index is 1010. The first-order chi connectivity index (χ1) is 15.4. The molecule has 0 bridgehead atoms. The molecule has 0 unspecified atom stereocenters. The highest BCUT2D eigenvalue weighted by molar-refractivity contribution is 6.23. The molecule has 1 saturated heterocycles. The van der Waals surface area contributed by atoms with Crippen LogP contribution in [0, 0.1) is 0 Å². The molecule has 1 aliphatic heterocycles. The molecule has 178 valence electrons. The summed E-state index contributed by atoms with van der Waals surface area (Å²) in [5.74, 6) is -0.928. The summed E-state index contributed by atoms with van der Waals surface area (Å²) in [5.41, 5.74) is -0.184. The van der Waals surface area contributed by atoms with Crippen LogP contribution in [0.5, 0.6) is 5.75 Å². The molecule has 2 heterocycles. The number of alkyl halides is 3. The lowest BCUT2D eigenvalue weighted by molar-refractivity contribution is -0.274. The fraction of sp³-hybridized carbons (Fsp3) is 0.409. The second-order valence-corrected chi connectivity index (χ2v) is 8.38. The molecule has 1 aromatic carbocycles. The van der Waals surface area contributed by atoms with Gasteiger partial charge in [0.2, 0.25) is 0 Å². The van der Waals surface area contributed by atoms with E-state index in [1.54, 1.807) is 38.4 Å². The monoisotopic (exact) mass is 465 g/mol. The lowest BCUT2D eigenvalue weighted by atomic mass is 10.0. The number of anilines is 2. The normalized spacial score (nSPS) is 16.0. The molecule has 33 heavy (non-hydrogen) atoms. The van der Waals surface area contributed by atoms with Gasteiger partial charge in [0.05, 0.1) is 11.4 Å². The summed E-state index contributed by atoms with van der Waals surface area (Å²) >= 11 is 0. The van der Waals surface area contributed by atoms with Crippen molar-refractivity contribution in [2.24, 2.45) is 0 Å². The summed E-state index contributed by atoms with van der Waals surface area (Å²) in [6, 6.07) is 6.60. The molecule has 3 amide bonds. The van der Waals surface area contributed by atoms with Gasteiger partial charge in [-0.3, -0.25) is 9.78 Å². The fourth-order valence-electron chi connectivity index (χ4n) is 3.42. The molecule has 11 heteroatoms. The molecule has 1 aliphatic rings. The first-order valence-corrected chi connectivity index (χ1v) is 10.2. The third kappa shape index (κ3) is 5.54. The molecule has 3 rings (SSSR count). The van der Waals surface area contributed by atoms with Crippen LogP contribution in [0.3, 0.4) is 0 Å². The van der Waals surface area contributed by atoms with Crippen LogP contribution in [-0.2, 0) is 11.3 Å². The summed E-state index contributed by atoms with van der Waals surface area (Å²) < 4.78 is 42.7. The van der Waals surface area contributed by atoms with Crippen molar-refractivity contribution in [1.82, 2.24) is 14.8 Å². The highest BCUT2D eigenvalue weighted by atomic mass is 19.4. The molecule has 0 radical (unpaired) electrons. The van der Waals surface area contributed by atoms with Gasteiger partial charge in [0.15, 0.2) is 5.75 Å². The van der Waals surface area contributed by atoms with E-state index >= 15 is 0 Å². The zero-order valence-corrected chi connectivity index (χ0v) is 18.8. The van der Waals surface area contributed by atoms with Crippen LogP contribution in [0.1, 0.15) is 19.4 Å². The average Bonchev–Trinajstić information content (AvgIpc) is 2.88. The first kappa shape index (κ1) is 24.3. The van der Waals surface area contributed by atoms with Gasteiger partial charge in [0.25, 0.3) is 5.91 Å². The van der Waals surface area contributed by atoms with E-state index < -0.39 is 29.6 Å². The van der Waals surface area contributed by atoms with Crippen molar-refractivity contribution >= 4 is 23.3 Å². The molecule has 8 nitrogen and oxygen atoms in total. The van der Waals surface area contributed by atoms with E-state index in [1.807, 2.05) is 19.0 Å². The molecule has 1 fully saturated rings. The number of amides is 3. The SMILES string of the molecule is CN(C)CCNc1cc(N2C(=O)N(Cc3ccncc3)C(C)(C)C2=O)ccc1OC(F)(F)F. The second kappa shape index (κ2) is 9.26. The minimum absolute atomic E-state index is 0.0256. The molecular weight excluding hydrogens is 439 g/mol. The third-order valence-corrected chi connectivity index (χ3v) is 5.23. The Kier molecular flexibility index (Phi) is 6.82. The number of hydrogen-bond donors (Lipinski definition) is 1. The summed E-state index contributed by atoms with van der Waals surface area (Å²) in [4.78, 5) is 34.6. The maximum Gasteiger partial charge on any atom is 0.573 e. The zero-order chi connectivity index (χ0) is 24.4. The van der Waals surface area contributed by atoms with Gasteiger partial charge in [0, 0.05) is 32.0 Å². The number of carbonyl (C=O) groups excluding carboxylic acids is 2. The molecule has 2 aromatic rings. The van der Waals surface area contributed by atoms with E-state index in [9.17, 15) is 22.8 Å². The molecular formula is C22H26F3N5O3. The van der Waals surface area contributed by atoms with E-state index in [0.29, 0.717) is 13.1 Å². The van der Waals surface area contributed by atoms with Crippen LogP contribution >= 0.6 is 0 Å². The Hall–Kier alpha value is -3.34. The largest absolute Gasteiger partial charge is 0.573 e. The minimum Gasteiger partial charge on any atom is -0.404 e. The van der Waals surface area contributed by atoms with Crippen molar-refractivity contribution in [2.45, 2.75) is 32.3 Å². The van der Waals surface area contributed by atoms with E-state index in [0.717, 1.165) is 16.5 Å². The smallest absolute Gasteiger partial charge is 0.404 e. The van der Waals surface area contributed by atoms with Crippen molar-refractivity contribution in [1.29, 1.82) is 0 Å². The number of urea groups is 1. The van der Waals surface area contributed by atoms with E-state index in [1.165, 1.54) is 17.0 Å². The van der Waals surface area contributed by atoms with Crippen molar-refractivity contribution in [2.75, 3.05) is 37.4 Å². The quantitative estimate of drug-likeness (QED) is 0.599. The molecule has 0 saturated carbocycles. The van der Waals surface area contributed by atoms with Gasteiger partial charge in [-0.05, 0) is 63.8 Å². The van der Waals surface area contributed by atoms with Gasteiger partial charge in [-0.1, -0.05) is 0 Å². The van der Waals surface area contributed by atoms with Crippen molar-refractivity contribution in [3.8, 4) is 5.75 Å². The van der Waals surface area contributed by atoms with Crippen molar-refractivity contribution in [3.05, 3.63) is 48.3 Å². The van der Waals surface area contributed by atoms with Crippen molar-refractivity contribution in [3.63, 3.8) is 0 Å². The highest BCUT2D eigenvalue weighted by Crippen LogP contribution is 2.38. The van der Waals surface area contributed by atoms with Crippen LogP contribution in [0.15, 0.2) is 42.7 Å². The number of imide groups is 1. The third-order valence-electron chi connectivity index (χ3n) is 5.23. The van der Waals surface area contributed by atoms with Gasteiger partial charge in [-0.15, -0.1) is 13.2 Å². The van der Waals surface area contributed by atoms with E-state index in [-0.39, 0.29) is 17.9 Å². The van der Waals surface area contributed by atoms with Gasteiger partial charge < -0.3 is 19.9 Å². The number of rotatable bonds is 8. The maximum atomic E-state index is 13.2. The summed E-state index contributed by atoms with van der Waals surface area (Å²) in [5, 5.41) is 2.90. The topological polar surface area (TPSA) is 78.0 Å². The van der Waals surface area contributed by atoms with E-state index in [4.69, 9.17) is 0 Å². The summed E-state index contributed by atoms with van der Waals surface area (Å²) in [7, 11) is 3.65. The number of halogens is 3. The summed E-state index contributed by atoms with van der Waals surface area (Å²) in [6.07, 6.45) is -1.71. The number of benzene rings is 1. The first-order valence-electron chi connectivity index (χ1n) is 10.2. The van der Waals surface area contributed by atoms with Crippen LogP contribution in [-0.4, -0.2) is 65.8 Å². The van der Waals surface area contributed by atoms with Crippen LogP contribution in [0.4, 0.5) is 29.3 Å². The number of ether oxygens (including phenoxy) is 1. The molecule has 1 N–H and O–H groups in total. The summed E-state index contributed by atoms with van der Waals surface area (Å²) in [6.45, 7) is 4.31. The zero-order valence-electron chi connectivity index (χ0n) is 18.8. The Labute approximate surface area is 189 Å². The number of carbonyl (C=O) groups is 2. The molecule has 0 atom stereocenters. The van der Waals surface area contributed by atoms with Gasteiger partial charge in [-0.2, -0.15) is 0 Å². The van der Waals surface area contributed by atoms with Crippen LogP contribution in [0.2, 0.25) is 0 Å². The van der Waals surface area contributed by atoms with Gasteiger partial charge in [-0.25, -0.2) is 9.69 Å². The van der Waals surface area contributed by atoms with Crippen molar-refractivity contribution < 1.29 is 27.5 Å². The number of aromatic nitrogens is 1. The predicted molar refractivity (Wildman–Crippen MR) is 117 cm³/mol.